The van der Waals surface area contributed by atoms with Gasteiger partial charge < -0.3 is 10.2 Å². The van der Waals surface area contributed by atoms with Crippen LogP contribution in [0.5, 0.6) is 0 Å². The van der Waals surface area contributed by atoms with E-state index < -0.39 is 10.0 Å². The monoisotopic (exact) mass is 437 g/mol. The molecule has 2 aromatic rings. The molecule has 0 bridgehead atoms. The van der Waals surface area contributed by atoms with Gasteiger partial charge in [-0.15, -0.1) is 0 Å². The molecule has 1 atom stereocenters. The van der Waals surface area contributed by atoms with Gasteiger partial charge in [-0.1, -0.05) is 42.8 Å². The zero-order valence-corrected chi connectivity index (χ0v) is 18.6. The molecule has 0 radical (unpaired) electrons. The Bertz CT molecular complexity index is 898. The molecular formula is C21H28ClN3O3S. The second kappa shape index (κ2) is 10.7. The van der Waals surface area contributed by atoms with Crippen LogP contribution in [0.1, 0.15) is 30.5 Å². The average Bonchev–Trinajstić information content (AvgIpc) is 2.68. The lowest BCUT2D eigenvalue weighted by Gasteiger charge is -2.25. The largest absolute Gasteiger partial charge is 0.354 e. The van der Waals surface area contributed by atoms with Crippen molar-refractivity contribution in [2.75, 3.05) is 27.2 Å². The Morgan fingerprint density at radius 2 is 1.69 bits per heavy atom. The van der Waals surface area contributed by atoms with Crippen molar-refractivity contribution in [1.29, 1.82) is 0 Å². The van der Waals surface area contributed by atoms with E-state index in [1.807, 2.05) is 19.0 Å². The van der Waals surface area contributed by atoms with Gasteiger partial charge in [0.05, 0.1) is 10.9 Å². The lowest BCUT2D eigenvalue weighted by molar-refractivity contribution is -0.121. The van der Waals surface area contributed by atoms with Crippen LogP contribution in [0.3, 0.4) is 0 Å². The summed E-state index contributed by atoms with van der Waals surface area (Å²) in [6, 6.07) is 14.3. The molecule has 0 aromatic heterocycles. The van der Waals surface area contributed by atoms with Gasteiger partial charge in [0.25, 0.3) is 0 Å². The fourth-order valence-electron chi connectivity index (χ4n) is 2.87. The minimum atomic E-state index is -3.66. The van der Waals surface area contributed by atoms with Crippen LogP contribution >= 0.6 is 11.6 Å². The first-order chi connectivity index (χ1) is 13.7. The summed E-state index contributed by atoms with van der Waals surface area (Å²) >= 11 is 5.78. The first-order valence-electron chi connectivity index (χ1n) is 9.50. The number of amides is 1. The number of aryl methyl sites for hydroxylation is 1. The zero-order valence-electron chi connectivity index (χ0n) is 17.0. The number of likely N-dealkylation sites (N-methyl/N-ethyl adjacent to an activating group) is 1. The maximum atomic E-state index is 12.2. The predicted octanol–water partition coefficient (Wildman–Crippen LogP) is 2.99. The Morgan fingerprint density at radius 1 is 1.07 bits per heavy atom. The number of carbonyl (C=O) groups is 1. The lowest BCUT2D eigenvalue weighted by atomic mass is 10.0. The number of hydrogen-bond acceptors (Lipinski definition) is 4. The van der Waals surface area contributed by atoms with Gasteiger partial charge in [-0.25, -0.2) is 13.1 Å². The molecule has 0 fully saturated rings. The number of hydrogen-bond donors (Lipinski definition) is 2. The molecule has 1 unspecified atom stereocenters. The van der Waals surface area contributed by atoms with Gasteiger partial charge in [0, 0.05) is 24.5 Å². The van der Waals surface area contributed by atoms with E-state index in [9.17, 15) is 13.2 Å². The van der Waals surface area contributed by atoms with Gasteiger partial charge in [-0.3, -0.25) is 4.79 Å². The van der Waals surface area contributed by atoms with Crippen molar-refractivity contribution in [2.45, 2.75) is 30.7 Å². The third kappa shape index (κ3) is 7.12. The fraction of sp³-hybridized carbons (Fsp3) is 0.381. The Balaban J connectivity index is 1.85. The Labute approximate surface area is 178 Å². The number of benzene rings is 2. The van der Waals surface area contributed by atoms with E-state index in [0.29, 0.717) is 11.6 Å². The van der Waals surface area contributed by atoms with Gasteiger partial charge in [0.1, 0.15) is 0 Å². The summed E-state index contributed by atoms with van der Waals surface area (Å²) in [7, 11) is 0.262. The molecule has 158 valence electrons. The third-order valence-corrected chi connectivity index (χ3v) is 6.39. The minimum absolute atomic E-state index is 0.0224. The molecule has 2 N–H and O–H groups in total. The van der Waals surface area contributed by atoms with Crippen molar-refractivity contribution in [1.82, 2.24) is 14.9 Å². The molecule has 8 heteroatoms. The smallest absolute Gasteiger partial charge is 0.240 e. The van der Waals surface area contributed by atoms with Crippen LogP contribution in [-0.4, -0.2) is 46.4 Å². The Hall–Kier alpha value is -1.93. The van der Waals surface area contributed by atoms with E-state index in [1.54, 1.807) is 0 Å². The first-order valence-corrected chi connectivity index (χ1v) is 11.4. The molecular weight excluding hydrogens is 410 g/mol. The number of halogens is 1. The molecule has 0 aliphatic heterocycles. The minimum Gasteiger partial charge on any atom is -0.354 e. The SMILES string of the molecule is CCc1ccc(C(CNC(=O)CCNS(=O)(=O)c2ccc(Cl)cc2)N(C)C)cc1. The highest BCUT2D eigenvalue weighted by atomic mass is 35.5. The van der Waals surface area contributed by atoms with Crippen LogP contribution in [0.15, 0.2) is 53.4 Å². The van der Waals surface area contributed by atoms with E-state index in [0.717, 1.165) is 12.0 Å². The number of nitrogens with one attached hydrogen (secondary N) is 2. The summed E-state index contributed by atoms with van der Waals surface area (Å²) in [5.41, 5.74) is 2.39. The Morgan fingerprint density at radius 3 is 2.24 bits per heavy atom. The normalized spacial score (nSPS) is 12.7. The van der Waals surface area contributed by atoms with Crippen LogP contribution in [-0.2, 0) is 21.2 Å². The summed E-state index contributed by atoms with van der Waals surface area (Å²) in [5, 5.41) is 3.35. The van der Waals surface area contributed by atoms with Gasteiger partial charge >= 0.3 is 0 Å². The summed E-state index contributed by atoms with van der Waals surface area (Å²) in [5.74, 6) is -0.208. The number of nitrogens with zero attached hydrogens (tertiary/aromatic N) is 1. The van der Waals surface area contributed by atoms with E-state index >= 15 is 0 Å². The molecule has 2 aromatic carbocycles. The Kier molecular flexibility index (Phi) is 8.64. The van der Waals surface area contributed by atoms with E-state index in [4.69, 9.17) is 11.6 Å². The van der Waals surface area contributed by atoms with Crippen molar-refractivity contribution in [3.8, 4) is 0 Å². The summed E-state index contributed by atoms with van der Waals surface area (Å²) in [6.07, 6.45) is 1.04. The van der Waals surface area contributed by atoms with Gasteiger partial charge in [0.2, 0.25) is 15.9 Å². The first kappa shape index (κ1) is 23.3. The second-order valence-electron chi connectivity index (χ2n) is 6.98. The average molecular weight is 438 g/mol. The molecule has 0 spiro atoms. The molecule has 6 nitrogen and oxygen atoms in total. The van der Waals surface area contributed by atoms with Crippen LogP contribution in [0, 0.1) is 0 Å². The highest BCUT2D eigenvalue weighted by Gasteiger charge is 2.17. The molecule has 0 aliphatic rings. The van der Waals surface area contributed by atoms with Gasteiger partial charge in [0.15, 0.2) is 0 Å². The van der Waals surface area contributed by atoms with Crippen molar-refractivity contribution in [3.63, 3.8) is 0 Å². The lowest BCUT2D eigenvalue weighted by Crippen LogP contribution is -2.36. The summed E-state index contributed by atoms with van der Waals surface area (Å²) in [4.78, 5) is 14.3. The molecule has 2 rings (SSSR count). The number of rotatable bonds is 10. The standard InChI is InChI=1S/C21H28ClN3O3S/c1-4-16-5-7-17(8-6-16)20(25(2)3)15-23-21(26)13-14-24-29(27,28)19-11-9-18(22)10-12-19/h5-12,20,24H,4,13-15H2,1-3H3,(H,23,26). The van der Waals surface area contributed by atoms with Crippen molar-refractivity contribution < 1.29 is 13.2 Å². The quantitative estimate of drug-likeness (QED) is 0.599. The maximum Gasteiger partial charge on any atom is 0.240 e. The van der Waals surface area contributed by atoms with E-state index in [2.05, 4.69) is 41.2 Å². The van der Waals surface area contributed by atoms with E-state index in [-0.39, 0.29) is 29.8 Å². The molecule has 0 saturated carbocycles. The fourth-order valence-corrected chi connectivity index (χ4v) is 4.03. The van der Waals surface area contributed by atoms with E-state index in [1.165, 1.54) is 29.8 Å². The van der Waals surface area contributed by atoms with Gasteiger partial charge in [-0.05, 0) is 55.9 Å². The van der Waals surface area contributed by atoms with Crippen LogP contribution < -0.4 is 10.0 Å². The highest BCUT2D eigenvalue weighted by molar-refractivity contribution is 7.89. The third-order valence-electron chi connectivity index (χ3n) is 4.66. The van der Waals surface area contributed by atoms with Gasteiger partial charge in [-0.2, -0.15) is 0 Å². The predicted molar refractivity (Wildman–Crippen MR) is 117 cm³/mol. The topological polar surface area (TPSA) is 78.5 Å². The zero-order chi connectivity index (χ0) is 21.4. The molecule has 0 heterocycles. The summed E-state index contributed by atoms with van der Waals surface area (Å²) in [6.45, 7) is 2.58. The molecule has 0 aliphatic carbocycles. The van der Waals surface area contributed by atoms with Crippen molar-refractivity contribution in [3.05, 3.63) is 64.7 Å². The molecule has 0 saturated heterocycles. The molecule has 1 amide bonds. The second-order valence-corrected chi connectivity index (χ2v) is 9.18. The van der Waals surface area contributed by atoms with Crippen LogP contribution in [0.25, 0.3) is 0 Å². The van der Waals surface area contributed by atoms with Crippen LogP contribution in [0.2, 0.25) is 5.02 Å². The van der Waals surface area contributed by atoms with Crippen molar-refractivity contribution >= 4 is 27.5 Å². The molecule has 29 heavy (non-hydrogen) atoms. The number of carbonyl (C=O) groups excluding carboxylic acids is 1. The summed E-state index contributed by atoms with van der Waals surface area (Å²) < 4.78 is 26.9. The van der Waals surface area contributed by atoms with Crippen molar-refractivity contribution in [2.24, 2.45) is 0 Å². The maximum absolute atomic E-state index is 12.2. The number of sulfonamides is 1. The highest BCUT2D eigenvalue weighted by Crippen LogP contribution is 2.18. The van der Waals surface area contributed by atoms with Crippen LogP contribution in [0.4, 0.5) is 0 Å².